The molecule has 1 heterocycles. The fourth-order valence-electron chi connectivity index (χ4n) is 4.03. The number of hydrogen-bond acceptors (Lipinski definition) is 4. The summed E-state index contributed by atoms with van der Waals surface area (Å²) in [6.07, 6.45) is 3.57. The smallest absolute Gasteiger partial charge is 0.328 e. The Kier molecular flexibility index (Phi) is 8.21. The SMILES string of the molecule is COC(=O)[C@@H]1CCCN1C(=O)[C@H](Cc1ccccc1)NC(=O)CCCc1ccccc1. The largest absolute Gasteiger partial charge is 0.467 e. The zero-order valence-corrected chi connectivity index (χ0v) is 18.0. The van der Waals surface area contributed by atoms with Crippen LogP contribution in [0.25, 0.3) is 0 Å². The van der Waals surface area contributed by atoms with Gasteiger partial charge < -0.3 is 15.0 Å². The van der Waals surface area contributed by atoms with Crippen molar-refractivity contribution < 1.29 is 19.1 Å². The Morgan fingerprint density at radius 1 is 1.03 bits per heavy atom. The summed E-state index contributed by atoms with van der Waals surface area (Å²) in [6.45, 7) is 0.494. The van der Waals surface area contributed by atoms with Gasteiger partial charge in [0, 0.05) is 19.4 Å². The van der Waals surface area contributed by atoms with Crippen molar-refractivity contribution in [1.82, 2.24) is 10.2 Å². The lowest BCUT2D eigenvalue weighted by Crippen LogP contribution is -2.52. The van der Waals surface area contributed by atoms with E-state index in [1.165, 1.54) is 12.7 Å². The van der Waals surface area contributed by atoms with E-state index in [1.807, 2.05) is 60.7 Å². The Labute approximate surface area is 183 Å². The van der Waals surface area contributed by atoms with E-state index in [9.17, 15) is 14.4 Å². The van der Waals surface area contributed by atoms with E-state index in [0.29, 0.717) is 32.2 Å². The van der Waals surface area contributed by atoms with E-state index < -0.39 is 18.1 Å². The van der Waals surface area contributed by atoms with Crippen molar-refractivity contribution in [1.29, 1.82) is 0 Å². The molecule has 2 atom stereocenters. The number of carbonyl (C=O) groups excluding carboxylic acids is 3. The van der Waals surface area contributed by atoms with Crippen LogP contribution in [-0.2, 0) is 32.0 Å². The number of methoxy groups -OCH3 is 1. The van der Waals surface area contributed by atoms with Gasteiger partial charge in [0.15, 0.2) is 0 Å². The number of esters is 1. The molecule has 31 heavy (non-hydrogen) atoms. The number of nitrogens with zero attached hydrogens (tertiary/aromatic N) is 1. The lowest BCUT2D eigenvalue weighted by Gasteiger charge is -2.28. The molecule has 1 fully saturated rings. The molecule has 2 aromatic rings. The minimum atomic E-state index is -0.711. The summed E-state index contributed by atoms with van der Waals surface area (Å²) < 4.78 is 4.87. The molecule has 2 amide bonds. The maximum absolute atomic E-state index is 13.3. The second-order valence-corrected chi connectivity index (χ2v) is 7.86. The minimum absolute atomic E-state index is 0.154. The van der Waals surface area contributed by atoms with Gasteiger partial charge in [-0.3, -0.25) is 9.59 Å². The first-order chi connectivity index (χ1) is 15.1. The molecule has 1 aliphatic rings. The Morgan fingerprint density at radius 3 is 2.32 bits per heavy atom. The van der Waals surface area contributed by atoms with Crippen LogP contribution in [0.5, 0.6) is 0 Å². The summed E-state index contributed by atoms with van der Waals surface area (Å²) in [5.41, 5.74) is 2.14. The highest BCUT2D eigenvalue weighted by Gasteiger charge is 2.38. The molecule has 0 saturated carbocycles. The first-order valence-electron chi connectivity index (χ1n) is 10.8. The molecule has 1 saturated heterocycles. The van der Waals surface area contributed by atoms with Crippen LogP contribution in [-0.4, -0.2) is 48.4 Å². The molecular weight excluding hydrogens is 392 g/mol. The fraction of sp³-hybridized carbons (Fsp3) is 0.400. The van der Waals surface area contributed by atoms with Gasteiger partial charge in [0.25, 0.3) is 0 Å². The molecule has 0 radical (unpaired) electrons. The molecule has 0 spiro atoms. The average Bonchev–Trinajstić information content (AvgIpc) is 3.29. The van der Waals surface area contributed by atoms with Crippen molar-refractivity contribution in [2.24, 2.45) is 0 Å². The van der Waals surface area contributed by atoms with E-state index >= 15 is 0 Å². The average molecular weight is 423 g/mol. The van der Waals surface area contributed by atoms with Crippen LogP contribution < -0.4 is 5.32 Å². The molecule has 0 aliphatic carbocycles. The number of amides is 2. The molecule has 2 aromatic carbocycles. The van der Waals surface area contributed by atoms with Crippen LogP contribution in [0.2, 0.25) is 0 Å². The molecular formula is C25H30N2O4. The number of hydrogen-bond donors (Lipinski definition) is 1. The molecule has 1 aliphatic heterocycles. The van der Waals surface area contributed by atoms with Crippen molar-refractivity contribution in [3.8, 4) is 0 Å². The summed E-state index contributed by atoms with van der Waals surface area (Å²) in [5.74, 6) is -0.786. The number of benzene rings is 2. The third kappa shape index (κ3) is 6.41. The Morgan fingerprint density at radius 2 is 1.68 bits per heavy atom. The standard InChI is InChI=1S/C25H30N2O4/c1-31-25(30)22-15-9-17-27(22)24(29)21(18-20-12-6-3-7-13-20)26-23(28)16-8-14-19-10-4-2-5-11-19/h2-7,10-13,21-22H,8-9,14-18H2,1H3,(H,26,28)/t21-,22-/m0/s1. The van der Waals surface area contributed by atoms with Gasteiger partial charge in [-0.25, -0.2) is 4.79 Å². The number of nitrogens with one attached hydrogen (secondary N) is 1. The summed E-state index contributed by atoms with van der Waals surface area (Å²) in [6, 6.07) is 18.3. The topological polar surface area (TPSA) is 75.7 Å². The molecule has 3 rings (SSSR count). The minimum Gasteiger partial charge on any atom is -0.467 e. The monoisotopic (exact) mass is 422 g/mol. The van der Waals surface area contributed by atoms with Crippen LogP contribution in [0.4, 0.5) is 0 Å². The number of rotatable bonds is 9. The Balaban J connectivity index is 1.65. The van der Waals surface area contributed by atoms with Gasteiger partial charge in [0.2, 0.25) is 11.8 Å². The van der Waals surface area contributed by atoms with Gasteiger partial charge in [-0.15, -0.1) is 0 Å². The highest BCUT2D eigenvalue weighted by Crippen LogP contribution is 2.20. The lowest BCUT2D eigenvalue weighted by atomic mass is 10.0. The quantitative estimate of drug-likeness (QED) is 0.631. The van der Waals surface area contributed by atoms with Crippen molar-refractivity contribution in [3.05, 3.63) is 71.8 Å². The highest BCUT2D eigenvalue weighted by atomic mass is 16.5. The normalized spacial score (nSPS) is 16.5. The van der Waals surface area contributed by atoms with Crippen molar-refractivity contribution in [2.75, 3.05) is 13.7 Å². The van der Waals surface area contributed by atoms with Crippen molar-refractivity contribution >= 4 is 17.8 Å². The van der Waals surface area contributed by atoms with Gasteiger partial charge in [-0.1, -0.05) is 60.7 Å². The first kappa shape index (κ1) is 22.5. The maximum atomic E-state index is 13.3. The predicted molar refractivity (Wildman–Crippen MR) is 118 cm³/mol. The van der Waals surface area contributed by atoms with Crippen molar-refractivity contribution in [2.45, 2.75) is 50.6 Å². The van der Waals surface area contributed by atoms with E-state index in [1.54, 1.807) is 4.90 Å². The number of likely N-dealkylation sites (tertiary alicyclic amines) is 1. The fourth-order valence-corrected chi connectivity index (χ4v) is 4.03. The van der Waals surface area contributed by atoms with Crippen molar-refractivity contribution in [3.63, 3.8) is 0 Å². The third-order valence-electron chi connectivity index (χ3n) is 5.64. The zero-order valence-electron chi connectivity index (χ0n) is 18.0. The molecule has 1 N–H and O–H groups in total. The number of aryl methyl sites for hydroxylation is 1. The molecule has 0 aromatic heterocycles. The first-order valence-corrected chi connectivity index (χ1v) is 10.8. The molecule has 164 valence electrons. The van der Waals surface area contributed by atoms with E-state index in [-0.39, 0.29) is 11.8 Å². The Hall–Kier alpha value is -3.15. The predicted octanol–water partition coefficient (Wildman–Crippen LogP) is 2.90. The summed E-state index contributed by atoms with van der Waals surface area (Å²) >= 11 is 0. The van der Waals surface area contributed by atoms with Gasteiger partial charge in [-0.05, 0) is 36.8 Å². The molecule has 6 nitrogen and oxygen atoms in total. The summed E-state index contributed by atoms with van der Waals surface area (Å²) in [5, 5.41) is 2.92. The second kappa shape index (κ2) is 11.3. The van der Waals surface area contributed by atoms with Gasteiger partial charge in [0.05, 0.1) is 7.11 Å². The van der Waals surface area contributed by atoms with E-state index in [0.717, 1.165) is 18.4 Å². The van der Waals surface area contributed by atoms with Crippen LogP contribution in [0.15, 0.2) is 60.7 Å². The van der Waals surface area contributed by atoms with Gasteiger partial charge in [-0.2, -0.15) is 0 Å². The second-order valence-electron chi connectivity index (χ2n) is 7.86. The van der Waals surface area contributed by atoms with E-state index in [2.05, 4.69) is 5.32 Å². The van der Waals surface area contributed by atoms with Gasteiger partial charge in [0.1, 0.15) is 12.1 Å². The summed E-state index contributed by atoms with van der Waals surface area (Å²) in [4.78, 5) is 39.6. The summed E-state index contributed by atoms with van der Waals surface area (Å²) in [7, 11) is 1.33. The lowest BCUT2D eigenvalue weighted by molar-refractivity contribution is -0.151. The van der Waals surface area contributed by atoms with Crippen LogP contribution >= 0.6 is 0 Å². The van der Waals surface area contributed by atoms with Crippen LogP contribution in [0.3, 0.4) is 0 Å². The van der Waals surface area contributed by atoms with Crippen LogP contribution in [0.1, 0.15) is 36.8 Å². The molecule has 0 bridgehead atoms. The maximum Gasteiger partial charge on any atom is 0.328 e. The van der Waals surface area contributed by atoms with E-state index in [4.69, 9.17) is 4.74 Å². The molecule has 6 heteroatoms. The third-order valence-corrected chi connectivity index (χ3v) is 5.64. The molecule has 0 unspecified atom stereocenters. The highest BCUT2D eigenvalue weighted by molar-refractivity contribution is 5.91. The Bertz CT molecular complexity index is 870. The number of carbonyl (C=O) groups is 3. The zero-order chi connectivity index (χ0) is 22.1. The van der Waals surface area contributed by atoms with Crippen LogP contribution in [0, 0.1) is 0 Å². The van der Waals surface area contributed by atoms with Gasteiger partial charge >= 0.3 is 5.97 Å². The number of ether oxygens (including phenoxy) is 1.